The van der Waals surface area contributed by atoms with Gasteiger partial charge in [0.2, 0.25) is 5.91 Å². The van der Waals surface area contributed by atoms with Gasteiger partial charge < -0.3 is 10.4 Å². The number of nitrogens with zero attached hydrogens (tertiary/aromatic N) is 1. The second kappa shape index (κ2) is 6.65. The van der Waals surface area contributed by atoms with Crippen LogP contribution in [0.1, 0.15) is 49.1 Å². The molecule has 6 heteroatoms. The number of unbranched alkanes of at least 4 members (excludes halogenated alkanes) is 1. The summed E-state index contributed by atoms with van der Waals surface area (Å²) in [6.45, 7) is 0. The molecule has 19 heavy (non-hydrogen) atoms. The number of nitrogens with one attached hydrogen (secondary N) is 1. The number of amides is 1. The van der Waals surface area contributed by atoms with E-state index >= 15 is 0 Å². The highest BCUT2D eigenvalue weighted by atomic mass is 32.1. The monoisotopic (exact) mass is 282 g/mol. The minimum Gasteiger partial charge on any atom is -0.481 e. The van der Waals surface area contributed by atoms with E-state index in [-0.39, 0.29) is 12.3 Å². The Hall–Kier alpha value is -1.43. The zero-order valence-corrected chi connectivity index (χ0v) is 11.6. The third-order valence-corrected chi connectivity index (χ3v) is 4.21. The molecule has 0 bridgehead atoms. The summed E-state index contributed by atoms with van der Waals surface area (Å²) in [7, 11) is 0. The van der Waals surface area contributed by atoms with Crippen LogP contribution in [0.4, 0.5) is 5.13 Å². The van der Waals surface area contributed by atoms with Gasteiger partial charge in [-0.1, -0.05) is 0 Å². The Bertz CT molecular complexity index is 447. The standard InChI is InChI=1S/C13H18N2O3S/c16-11(7-3-4-8-12(17)18)15-13-14-9-5-1-2-6-10(9)19-13/h1-8H2,(H,17,18)(H,14,15,16). The first-order valence-corrected chi connectivity index (χ1v) is 7.47. The molecule has 5 nitrogen and oxygen atoms in total. The first kappa shape index (κ1) is 14.0. The van der Waals surface area contributed by atoms with E-state index in [1.165, 1.54) is 17.7 Å². The zero-order valence-electron chi connectivity index (χ0n) is 10.8. The van der Waals surface area contributed by atoms with Crippen LogP contribution in [0.25, 0.3) is 0 Å². The summed E-state index contributed by atoms with van der Waals surface area (Å²) in [5.74, 6) is -0.885. The van der Waals surface area contributed by atoms with Gasteiger partial charge in [-0.3, -0.25) is 9.59 Å². The number of hydrogen-bond acceptors (Lipinski definition) is 4. The predicted octanol–water partition coefficient (Wildman–Crippen LogP) is 2.61. The van der Waals surface area contributed by atoms with Crippen LogP contribution in [0.15, 0.2) is 0 Å². The van der Waals surface area contributed by atoms with Crippen LogP contribution in [-0.4, -0.2) is 22.0 Å². The second-order valence-electron chi connectivity index (χ2n) is 4.75. The lowest BCUT2D eigenvalue weighted by molar-refractivity contribution is -0.137. The lowest BCUT2D eigenvalue weighted by Crippen LogP contribution is -2.11. The largest absolute Gasteiger partial charge is 0.481 e. The van der Waals surface area contributed by atoms with E-state index in [0.717, 1.165) is 18.5 Å². The number of carboxylic acids is 1. The number of rotatable bonds is 6. The van der Waals surface area contributed by atoms with E-state index in [1.807, 2.05) is 0 Å². The van der Waals surface area contributed by atoms with Crippen LogP contribution in [0.3, 0.4) is 0 Å². The summed E-state index contributed by atoms with van der Waals surface area (Å²) in [5, 5.41) is 12.0. The molecule has 1 amide bonds. The number of carboxylic acid groups (broad SMARTS) is 1. The minimum absolute atomic E-state index is 0.0727. The van der Waals surface area contributed by atoms with Gasteiger partial charge in [-0.15, -0.1) is 11.3 Å². The quantitative estimate of drug-likeness (QED) is 0.786. The average Bonchev–Trinajstić information content (AvgIpc) is 2.76. The van der Waals surface area contributed by atoms with Crippen LogP contribution in [0.5, 0.6) is 0 Å². The number of fused-ring (bicyclic) bond motifs is 1. The first-order chi connectivity index (χ1) is 9.15. The molecule has 1 aromatic rings. The summed E-state index contributed by atoms with van der Waals surface area (Å²) >= 11 is 1.57. The summed E-state index contributed by atoms with van der Waals surface area (Å²) in [6.07, 6.45) is 6.09. The molecular formula is C13H18N2O3S. The number of thiazole rings is 1. The van der Waals surface area contributed by atoms with Crippen molar-refractivity contribution in [2.24, 2.45) is 0 Å². The predicted molar refractivity (Wildman–Crippen MR) is 73.5 cm³/mol. The van der Waals surface area contributed by atoms with Gasteiger partial charge in [0.15, 0.2) is 5.13 Å². The molecule has 0 saturated carbocycles. The minimum atomic E-state index is -0.812. The van der Waals surface area contributed by atoms with Gasteiger partial charge in [-0.2, -0.15) is 0 Å². The normalized spacial score (nSPS) is 13.9. The summed E-state index contributed by atoms with van der Waals surface area (Å²) in [5.41, 5.74) is 1.14. The molecule has 0 spiro atoms. The molecule has 104 valence electrons. The number of anilines is 1. The highest BCUT2D eigenvalue weighted by Gasteiger charge is 2.16. The van der Waals surface area contributed by atoms with E-state index in [0.29, 0.717) is 24.4 Å². The van der Waals surface area contributed by atoms with E-state index in [4.69, 9.17) is 5.11 Å². The van der Waals surface area contributed by atoms with E-state index in [2.05, 4.69) is 10.3 Å². The SMILES string of the molecule is O=C(O)CCCCC(=O)Nc1nc2c(s1)CCCC2. The number of carbonyl (C=O) groups is 2. The molecule has 0 saturated heterocycles. The Morgan fingerprint density at radius 3 is 2.68 bits per heavy atom. The molecule has 1 heterocycles. The van der Waals surface area contributed by atoms with Gasteiger partial charge in [0.05, 0.1) is 5.69 Å². The summed E-state index contributed by atoms with van der Waals surface area (Å²) in [4.78, 5) is 27.8. The molecule has 2 N–H and O–H groups in total. The second-order valence-corrected chi connectivity index (χ2v) is 5.83. The van der Waals surface area contributed by atoms with Gasteiger partial charge >= 0.3 is 5.97 Å². The fourth-order valence-corrected chi connectivity index (χ4v) is 3.22. The molecule has 0 aromatic carbocycles. The fourth-order valence-electron chi connectivity index (χ4n) is 2.15. The van der Waals surface area contributed by atoms with Crippen molar-refractivity contribution in [3.05, 3.63) is 10.6 Å². The van der Waals surface area contributed by atoms with Crippen molar-refractivity contribution >= 4 is 28.3 Å². The molecule has 0 fully saturated rings. The molecule has 0 aliphatic heterocycles. The van der Waals surface area contributed by atoms with Gasteiger partial charge in [-0.25, -0.2) is 4.98 Å². The Kier molecular flexibility index (Phi) is 4.90. The molecule has 1 aliphatic rings. The zero-order chi connectivity index (χ0) is 13.7. The van der Waals surface area contributed by atoms with Gasteiger partial charge in [0, 0.05) is 17.7 Å². The fraction of sp³-hybridized carbons (Fsp3) is 0.615. The van der Waals surface area contributed by atoms with Crippen LogP contribution in [0, 0.1) is 0 Å². The van der Waals surface area contributed by atoms with Crippen molar-refractivity contribution in [2.45, 2.75) is 51.4 Å². The van der Waals surface area contributed by atoms with Crippen LogP contribution >= 0.6 is 11.3 Å². The smallest absolute Gasteiger partial charge is 0.303 e. The van der Waals surface area contributed by atoms with E-state index in [1.54, 1.807) is 11.3 Å². The molecule has 0 unspecified atom stereocenters. The van der Waals surface area contributed by atoms with Crippen LogP contribution < -0.4 is 5.32 Å². The number of carbonyl (C=O) groups excluding carboxylic acids is 1. The van der Waals surface area contributed by atoms with Crippen molar-refractivity contribution in [3.8, 4) is 0 Å². The highest BCUT2D eigenvalue weighted by molar-refractivity contribution is 7.15. The molecule has 1 aromatic heterocycles. The average molecular weight is 282 g/mol. The summed E-state index contributed by atoms with van der Waals surface area (Å²) in [6, 6.07) is 0. The Morgan fingerprint density at radius 2 is 1.95 bits per heavy atom. The Morgan fingerprint density at radius 1 is 1.21 bits per heavy atom. The highest BCUT2D eigenvalue weighted by Crippen LogP contribution is 2.29. The lowest BCUT2D eigenvalue weighted by Gasteiger charge is -2.06. The van der Waals surface area contributed by atoms with Gasteiger partial charge in [0.25, 0.3) is 0 Å². The maximum absolute atomic E-state index is 11.7. The molecule has 2 rings (SSSR count). The van der Waals surface area contributed by atoms with E-state index < -0.39 is 5.97 Å². The maximum atomic E-state index is 11.7. The number of aryl methyl sites for hydroxylation is 2. The molecule has 0 radical (unpaired) electrons. The molecule has 1 aliphatic carbocycles. The van der Waals surface area contributed by atoms with E-state index in [9.17, 15) is 9.59 Å². The van der Waals surface area contributed by atoms with Crippen molar-refractivity contribution in [3.63, 3.8) is 0 Å². The third kappa shape index (κ3) is 4.31. The number of aliphatic carboxylic acids is 1. The Labute approximate surface area is 116 Å². The number of aromatic nitrogens is 1. The first-order valence-electron chi connectivity index (χ1n) is 6.65. The van der Waals surface area contributed by atoms with Crippen LogP contribution in [0.2, 0.25) is 0 Å². The lowest BCUT2D eigenvalue weighted by atomic mass is 10.0. The third-order valence-electron chi connectivity index (χ3n) is 3.14. The number of hydrogen-bond donors (Lipinski definition) is 2. The topological polar surface area (TPSA) is 79.3 Å². The van der Waals surface area contributed by atoms with Crippen molar-refractivity contribution in [1.82, 2.24) is 4.98 Å². The van der Waals surface area contributed by atoms with Crippen molar-refractivity contribution in [2.75, 3.05) is 5.32 Å². The molecular weight excluding hydrogens is 264 g/mol. The Balaban J connectivity index is 1.75. The maximum Gasteiger partial charge on any atom is 0.303 e. The van der Waals surface area contributed by atoms with Gasteiger partial charge in [-0.05, 0) is 38.5 Å². The molecule has 0 atom stereocenters. The van der Waals surface area contributed by atoms with Crippen molar-refractivity contribution in [1.29, 1.82) is 0 Å². The summed E-state index contributed by atoms with van der Waals surface area (Å²) < 4.78 is 0. The van der Waals surface area contributed by atoms with Crippen molar-refractivity contribution < 1.29 is 14.7 Å². The van der Waals surface area contributed by atoms with Gasteiger partial charge in [0.1, 0.15) is 0 Å². The van der Waals surface area contributed by atoms with Crippen LogP contribution in [-0.2, 0) is 22.4 Å².